The van der Waals surface area contributed by atoms with Crippen LogP contribution in [0.5, 0.6) is 11.5 Å². The normalized spacial score (nSPS) is 12.3. The molecule has 0 radical (unpaired) electrons. The molecule has 0 saturated carbocycles. The molecule has 2 aromatic carbocycles. The molecule has 0 unspecified atom stereocenters. The molecular weight excluding hydrogens is 469 g/mol. The van der Waals surface area contributed by atoms with Gasteiger partial charge in [0.2, 0.25) is 10.0 Å². The largest absolute Gasteiger partial charge is 0.457 e. The minimum absolute atomic E-state index is 0.0493. The Kier molecular flexibility index (Phi) is 5.57. The first-order valence-corrected chi connectivity index (χ1v) is 10.9. The molecule has 0 atom stereocenters. The van der Waals surface area contributed by atoms with Crippen LogP contribution < -0.4 is 9.46 Å². The molecule has 4 rings (SSSR count). The van der Waals surface area contributed by atoms with Crippen LogP contribution in [0.1, 0.15) is 5.56 Å². The van der Waals surface area contributed by atoms with E-state index in [0.717, 1.165) is 12.1 Å². The first-order valence-electron chi connectivity index (χ1n) is 9.02. The fraction of sp³-hybridized carbons (Fsp3) is 0.100. The van der Waals surface area contributed by atoms with E-state index in [1.807, 2.05) is 0 Å². The van der Waals surface area contributed by atoms with Gasteiger partial charge in [-0.05, 0) is 61.6 Å². The number of rotatable bonds is 5. The quantitative estimate of drug-likeness (QED) is 0.443. The van der Waals surface area contributed by atoms with Crippen molar-refractivity contribution >= 4 is 27.3 Å². The van der Waals surface area contributed by atoms with Crippen molar-refractivity contribution in [3.05, 3.63) is 71.5 Å². The molecule has 1 N–H and O–H groups in total. The van der Waals surface area contributed by atoms with Crippen LogP contribution in [0, 0.1) is 0 Å². The van der Waals surface area contributed by atoms with E-state index in [2.05, 4.69) is 14.8 Å². The van der Waals surface area contributed by atoms with Crippen molar-refractivity contribution in [2.75, 3.05) is 7.05 Å². The maximum Gasteiger partial charge on any atom is 0.416 e. The van der Waals surface area contributed by atoms with Crippen LogP contribution in [0.4, 0.5) is 13.2 Å². The zero-order valence-corrected chi connectivity index (χ0v) is 17.8. The Bertz CT molecular complexity index is 1400. The highest BCUT2D eigenvalue weighted by Crippen LogP contribution is 2.37. The third kappa shape index (κ3) is 4.27. The zero-order chi connectivity index (χ0) is 23.1. The Morgan fingerprint density at radius 2 is 1.78 bits per heavy atom. The van der Waals surface area contributed by atoms with Gasteiger partial charge in [-0.2, -0.15) is 18.3 Å². The Hall–Kier alpha value is -3.15. The van der Waals surface area contributed by atoms with Crippen molar-refractivity contribution in [1.82, 2.24) is 19.3 Å². The Morgan fingerprint density at radius 1 is 1.06 bits per heavy atom. The fourth-order valence-electron chi connectivity index (χ4n) is 2.96. The van der Waals surface area contributed by atoms with E-state index in [1.54, 1.807) is 12.1 Å². The smallest absolute Gasteiger partial charge is 0.416 e. The van der Waals surface area contributed by atoms with Gasteiger partial charge in [-0.1, -0.05) is 11.6 Å². The lowest BCUT2D eigenvalue weighted by atomic mass is 10.1. The van der Waals surface area contributed by atoms with Crippen molar-refractivity contribution in [2.45, 2.75) is 11.1 Å². The van der Waals surface area contributed by atoms with Gasteiger partial charge in [0.05, 0.1) is 22.3 Å². The van der Waals surface area contributed by atoms with Crippen LogP contribution >= 0.6 is 11.6 Å². The maximum atomic E-state index is 12.8. The predicted octanol–water partition coefficient (Wildman–Crippen LogP) is 4.77. The van der Waals surface area contributed by atoms with E-state index in [9.17, 15) is 21.6 Å². The summed E-state index contributed by atoms with van der Waals surface area (Å²) in [7, 11) is -2.52. The molecule has 166 valence electrons. The number of alkyl halides is 3. The van der Waals surface area contributed by atoms with Gasteiger partial charge >= 0.3 is 6.18 Å². The first-order chi connectivity index (χ1) is 15.1. The number of halogens is 4. The van der Waals surface area contributed by atoms with Gasteiger partial charge in [-0.3, -0.25) is 0 Å². The molecule has 0 amide bonds. The molecule has 32 heavy (non-hydrogen) atoms. The second kappa shape index (κ2) is 8.08. The summed E-state index contributed by atoms with van der Waals surface area (Å²) in [5.41, 5.74) is 0.300. The summed E-state index contributed by atoms with van der Waals surface area (Å²) in [6, 6.07) is 11.4. The lowest BCUT2D eigenvalue weighted by molar-refractivity contribution is -0.137. The van der Waals surface area contributed by atoms with E-state index in [-0.39, 0.29) is 21.5 Å². The number of imidazole rings is 1. The molecule has 2 heterocycles. The van der Waals surface area contributed by atoms with Crippen molar-refractivity contribution in [2.24, 2.45) is 0 Å². The topological polar surface area (TPSA) is 85.6 Å². The number of hydrogen-bond donors (Lipinski definition) is 1. The number of aromatic nitrogens is 3. The lowest BCUT2D eigenvalue weighted by Gasteiger charge is -2.14. The molecule has 12 heteroatoms. The third-order valence-corrected chi connectivity index (χ3v) is 6.16. The predicted molar refractivity (Wildman–Crippen MR) is 111 cm³/mol. The van der Waals surface area contributed by atoms with Crippen molar-refractivity contribution in [3.63, 3.8) is 0 Å². The summed E-state index contributed by atoms with van der Waals surface area (Å²) in [6.45, 7) is 0. The average Bonchev–Trinajstić information content (AvgIpc) is 3.16. The molecule has 0 aliphatic carbocycles. The molecule has 0 saturated heterocycles. The van der Waals surface area contributed by atoms with E-state index in [4.69, 9.17) is 16.3 Å². The van der Waals surface area contributed by atoms with E-state index >= 15 is 0 Å². The maximum absolute atomic E-state index is 12.8. The molecule has 4 aromatic rings. The molecule has 2 aromatic heterocycles. The average molecular weight is 483 g/mol. The third-order valence-electron chi connectivity index (χ3n) is 4.55. The van der Waals surface area contributed by atoms with E-state index < -0.39 is 21.8 Å². The summed E-state index contributed by atoms with van der Waals surface area (Å²) < 4.78 is 72.6. The van der Waals surface area contributed by atoms with Gasteiger partial charge in [-0.25, -0.2) is 22.6 Å². The molecule has 0 aliphatic heterocycles. The van der Waals surface area contributed by atoms with Crippen molar-refractivity contribution < 1.29 is 26.3 Å². The minimum Gasteiger partial charge on any atom is -0.457 e. The number of nitrogens with zero attached hydrogens (tertiary/aromatic N) is 3. The van der Waals surface area contributed by atoms with Crippen LogP contribution in [-0.4, -0.2) is 30.1 Å². The lowest BCUT2D eigenvalue weighted by Crippen LogP contribution is -2.18. The van der Waals surface area contributed by atoms with Crippen molar-refractivity contribution in [3.8, 4) is 22.8 Å². The zero-order valence-electron chi connectivity index (χ0n) is 16.3. The summed E-state index contributed by atoms with van der Waals surface area (Å²) in [5.74, 6) is 0.312. The summed E-state index contributed by atoms with van der Waals surface area (Å²) >= 11 is 5.99. The molecule has 0 fully saturated rings. The van der Waals surface area contributed by atoms with Gasteiger partial charge in [0.25, 0.3) is 0 Å². The molecule has 0 spiro atoms. The number of benzene rings is 2. The highest BCUT2D eigenvalue weighted by atomic mass is 35.5. The van der Waals surface area contributed by atoms with E-state index in [0.29, 0.717) is 16.9 Å². The first kappa shape index (κ1) is 22.1. The second-order valence-corrected chi connectivity index (χ2v) is 8.83. The Labute approximate surface area is 185 Å². The van der Waals surface area contributed by atoms with Gasteiger partial charge < -0.3 is 4.74 Å². The Morgan fingerprint density at radius 3 is 2.44 bits per heavy atom. The summed E-state index contributed by atoms with van der Waals surface area (Å²) in [4.78, 5) is 4.18. The molecular formula is C20H14ClF3N4O3S. The summed E-state index contributed by atoms with van der Waals surface area (Å²) in [6.07, 6.45) is -3.02. The summed E-state index contributed by atoms with van der Waals surface area (Å²) in [5, 5.41) is 4.37. The van der Waals surface area contributed by atoms with Crippen molar-refractivity contribution in [1.29, 1.82) is 0 Å². The van der Waals surface area contributed by atoms with Gasteiger partial charge in [0.1, 0.15) is 16.7 Å². The van der Waals surface area contributed by atoms with Crippen LogP contribution in [0.15, 0.2) is 65.7 Å². The Balaban J connectivity index is 1.84. The molecule has 7 nitrogen and oxygen atoms in total. The van der Waals surface area contributed by atoms with Crippen LogP contribution in [0.25, 0.3) is 16.9 Å². The number of nitrogens with one attached hydrogen (secondary N) is 1. The minimum atomic E-state index is -4.48. The fourth-order valence-corrected chi connectivity index (χ4v) is 3.85. The van der Waals surface area contributed by atoms with E-state index in [1.165, 1.54) is 48.1 Å². The highest BCUT2D eigenvalue weighted by Gasteiger charge is 2.30. The van der Waals surface area contributed by atoms with Gasteiger partial charge in [0, 0.05) is 5.56 Å². The molecule has 0 aliphatic rings. The van der Waals surface area contributed by atoms with Gasteiger partial charge in [-0.15, -0.1) is 0 Å². The molecule has 0 bridgehead atoms. The van der Waals surface area contributed by atoms with Gasteiger partial charge in [0.15, 0.2) is 5.65 Å². The van der Waals surface area contributed by atoms with Crippen LogP contribution in [0.3, 0.4) is 0 Å². The number of hydrogen-bond acceptors (Lipinski definition) is 5. The number of fused-ring (bicyclic) bond motifs is 1. The monoisotopic (exact) mass is 482 g/mol. The number of ether oxygens (including phenoxy) is 1. The van der Waals surface area contributed by atoms with Crippen LogP contribution in [-0.2, 0) is 16.2 Å². The number of sulfonamides is 1. The second-order valence-electron chi connectivity index (χ2n) is 6.56. The standard InChI is InChI=1S/C20H14ClF3N4O3S/c1-25-32(29,30)14-6-7-17(31-13-4-2-12(3-5-13)20(22,23)24)15(10-14)16-11-26-19-9-8-18(21)27-28(16)19/h2-11,25H,1H3. The SMILES string of the molecule is CNS(=O)(=O)c1ccc(Oc2ccc(C(F)(F)F)cc2)c(-c2cnc3ccc(Cl)nn23)c1. The highest BCUT2D eigenvalue weighted by molar-refractivity contribution is 7.89. The van der Waals surface area contributed by atoms with Crippen LogP contribution in [0.2, 0.25) is 5.15 Å².